The molecule has 1 amide bonds. The average Bonchev–Trinajstić information content (AvgIpc) is 3.19. The van der Waals surface area contributed by atoms with Crippen LogP contribution < -0.4 is 0 Å². The maximum Gasteiger partial charge on any atom is 0.226 e. The number of benzene rings is 1. The van der Waals surface area contributed by atoms with Gasteiger partial charge in [-0.3, -0.25) is 14.6 Å². The van der Waals surface area contributed by atoms with Crippen molar-refractivity contribution in [2.45, 2.75) is 64.5 Å². The van der Waals surface area contributed by atoms with E-state index in [0.717, 1.165) is 26.1 Å². The number of piperidine rings is 2. The van der Waals surface area contributed by atoms with E-state index in [1.807, 2.05) is 4.90 Å². The summed E-state index contributed by atoms with van der Waals surface area (Å²) in [5.74, 6) is 0.604. The zero-order valence-electron chi connectivity index (χ0n) is 17.8. The van der Waals surface area contributed by atoms with Crippen molar-refractivity contribution in [2.75, 3.05) is 39.3 Å². The molecule has 0 radical (unpaired) electrons. The van der Waals surface area contributed by atoms with Crippen LogP contribution in [0.4, 0.5) is 0 Å². The standard InChI is InChI=1S/C24H37N3O/c1-3-25(4-2)24(28)21-10-7-13-27(18-21)22-11-14-26(15-12-22)23-16-19-8-5-6-9-20(19)17-23/h5-6,8-9,21-23H,3-4,7,10-18H2,1-2H3/t21-/m1/s1. The second-order valence-electron chi connectivity index (χ2n) is 8.94. The van der Waals surface area contributed by atoms with Crippen LogP contribution in [0.1, 0.15) is 50.7 Å². The molecule has 0 saturated carbocycles. The fraction of sp³-hybridized carbons (Fsp3) is 0.708. The summed E-state index contributed by atoms with van der Waals surface area (Å²) in [6.07, 6.45) is 7.23. The monoisotopic (exact) mass is 383 g/mol. The molecule has 154 valence electrons. The second kappa shape index (κ2) is 8.96. The predicted octanol–water partition coefficient (Wildman–Crippen LogP) is 3.20. The van der Waals surface area contributed by atoms with Gasteiger partial charge in [-0.05, 0) is 83.1 Å². The minimum atomic E-state index is 0.219. The van der Waals surface area contributed by atoms with E-state index in [9.17, 15) is 4.79 Å². The Morgan fingerprint density at radius 1 is 0.929 bits per heavy atom. The highest BCUT2D eigenvalue weighted by Gasteiger charge is 2.35. The topological polar surface area (TPSA) is 26.8 Å². The third kappa shape index (κ3) is 4.13. The summed E-state index contributed by atoms with van der Waals surface area (Å²) in [7, 11) is 0. The van der Waals surface area contributed by atoms with Gasteiger partial charge in [0, 0.05) is 31.7 Å². The molecule has 4 nitrogen and oxygen atoms in total. The lowest BCUT2D eigenvalue weighted by Crippen LogP contribution is -2.52. The molecule has 28 heavy (non-hydrogen) atoms. The number of hydrogen-bond donors (Lipinski definition) is 0. The molecular formula is C24H37N3O. The van der Waals surface area contributed by atoms with E-state index in [1.165, 1.54) is 51.7 Å². The quantitative estimate of drug-likeness (QED) is 0.781. The number of hydrogen-bond acceptors (Lipinski definition) is 3. The minimum Gasteiger partial charge on any atom is -0.343 e. The van der Waals surface area contributed by atoms with Crippen molar-refractivity contribution in [3.63, 3.8) is 0 Å². The Hall–Kier alpha value is -1.39. The molecule has 2 fully saturated rings. The molecule has 4 heteroatoms. The van der Waals surface area contributed by atoms with E-state index in [0.29, 0.717) is 18.0 Å². The van der Waals surface area contributed by atoms with Crippen LogP contribution in [0.5, 0.6) is 0 Å². The van der Waals surface area contributed by atoms with Gasteiger partial charge >= 0.3 is 0 Å². The lowest BCUT2D eigenvalue weighted by atomic mass is 9.92. The molecule has 2 saturated heterocycles. The summed E-state index contributed by atoms with van der Waals surface area (Å²) in [6.45, 7) is 10.5. The highest BCUT2D eigenvalue weighted by Crippen LogP contribution is 2.30. The molecule has 3 aliphatic rings. The number of nitrogens with zero attached hydrogens (tertiary/aromatic N) is 3. The van der Waals surface area contributed by atoms with Gasteiger partial charge in [-0.1, -0.05) is 24.3 Å². The van der Waals surface area contributed by atoms with Gasteiger partial charge in [0.25, 0.3) is 0 Å². The molecular weight excluding hydrogens is 346 g/mol. The Morgan fingerprint density at radius 2 is 1.57 bits per heavy atom. The molecule has 1 atom stereocenters. The first-order valence-electron chi connectivity index (χ1n) is 11.5. The second-order valence-corrected chi connectivity index (χ2v) is 8.94. The zero-order valence-corrected chi connectivity index (χ0v) is 17.8. The van der Waals surface area contributed by atoms with Crippen LogP contribution in [0.25, 0.3) is 0 Å². The maximum atomic E-state index is 12.8. The highest BCUT2D eigenvalue weighted by atomic mass is 16.2. The van der Waals surface area contributed by atoms with Gasteiger partial charge in [-0.15, -0.1) is 0 Å². The van der Waals surface area contributed by atoms with Crippen molar-refractivity contribution in [1.29, 1.82) is 0 Å². The van der Waals surface area contributed by atoms with Crippen LogP contribution in [0.3, 0.4) is 0 Å². The van der Waals surface area contributed by atoms with E-state index in [1.54, 1.807) is 11.1 Å². The van der Waals surface area contributed by atoms with Crippen molar-refractivity contribution < 1.29 is 4.79 Å². The normalized spacial score (nSPS) is 25.0. The first-order chi connectivity index (χ1) is 13.7. The lowest BCUT2D eigenvalue weighted by molar-refractivity contribution is -0.137. The van der Waals surface area contributed by atoms with Crippen molar-refractivity contribution in [3.8, 4) is 0 Å². The Morgan fingerprint density at radius 3 is 2.18 bits per heavy atom. The van der Waals surface area contributed by atoms with Gasteiger partial charge in [0.1, 0.15) is 0 Å². The molecule has 1 aliphatic carbocycles. The van der Waals surface area contributed by atoms with E-state index in [-0.39, 0.29) is 5.92 Å². The predicted molar refractivity (Wildman–Crippen MR) is 114 cm³/mol. The van der Waals surface area contributed by atoms with Gasteiger partial charge in [0.05, 0.1) is 5.92 Å². The summed E-state index contributed by atoms with van der Waals surface area (Å²) in [5, 5.41) is 0. The van der Waals surface area contributed by atoms with E-state index < -0.39 is 0 Å². The molecule has 4 rings (SSSR count). The Balaban J connectivity index is 1.29. The molecule has 0 N–H and O–H groups in total. The largest absolute Gasteiger partial charge is 0.343 e. The van der Waals surface area contributed by atoms with Crippen LogP contribution in [-0.2, 0) is 17.6 Å². The van der Waals surface area contributed by atoms with Gasteiger partial charge in [-0.2, -0.15) is 0 Å². The summed E-state index contributed by atoms with van der Waals surface area (Å²) in [4.78, 5) is 20.2. The van der Waals surface area contributed by atoms with Crippen LogP contribution in [-0.4, -0.2) is 72.0 Å². The molecule has 1 aromatic rings. The smallest absolute Gasteiger partial charge is 0.226 e. The van der Waals surface area contributed by atoms with Crippen LogP contribution in [0, 0.1) is 5.92 Å². The van der Waals surface area contributed by atoms with E-state index in [2.05, 4.69) is 47.9 Å². The fourth-order valence-electron chi connectivity index (χ4n) is 5.74. The average molecular weight is 384 g/mol. The lowest BCUT2D eigenvalue weighted by Gasteiger charge is -2.44. The molecule has 0 bridgehead atoms. The number of carbonyl (C=O) groups excluding carboxylic acids is 1. The van der Waals surface area contributed by atoms with Crippen molar-refractivity contribution in [1.82, 2.24) is 14.7 Å². The van der Waals surface area contributed by atoms with Crippen LogP contribution >= 0.6 is 0 Å². The van der Waals surface area contributed by atoms with E-state index >= 15 is 0 Å². The maximum absolute atomic E-state index is 12.8. The Bertz CT molecular complexity index is 639. The number of amides is 1. The highest BCUT2D eigenvalue weighted by molar-refractivity contribution is 5.79. The first-order valence-corrected chi connectivity index (χ1v) is 11.5. The van der Waals surface area contributed by atoms with Crippen molar-refractivity contribution in [3.05, 3.63) is 35.4 Å². The van der Waals surface area contributed by atoms with Crippen LogP contribution in [0.2, 0.25) is 0 Å². The van der Waals surface area contributed by atoms with Gasteiger partial charge in [-0.25, -0.2) is 0 Å². The number of carbonyl (C=O) groups is 1. The summed E-state index contributed by atoms with van der Waals surface area (Å²) < 4.78 is 0. The Kier molecular flexibility index (Phi) is 6.37. The number of rotatable bonds is 5. The molecule has 0 aromatic heterocycles. The number of likely N-dealkylation sites (tertiary alicyclic amines) is 2. The van der Waals surface area contributed by atoms with Gasteiger partial charge in [0.15, 0.2) is 0 Å². The van der Waals surface area contributed by atoms with Gasteiger partial charge < -0.3 is 4.90 Å². The first kappa shape index (κ1) is 19.9. The van der Waals surface area contributed by atoms with Crippen molar-refractivity contribution in [2.24, 2.45) is 5.92 Å². The van der Waals surface area contributed by atoms with Gasteiger partial charge in [0.2, 0.25) is 5.91 Å². The zero-order chi connectivity index (χ0) is 19.5. The Labute approximate surface area is 170 Å². The third-order valence-electron chi connectivity index (χ3n) is 7.44. The van der Waals surface area contributed by atoms with Crippen molar-refractivity contribution >= 4 is 5.91 Å². The SMILES string of the molecule is CCN(CC)C(=O)[C@@H]1CCCN(C2CCN(C3Cc4ccccc4C3)CC2)C1. The number of fused-ring (bicyclic) bond motifs is 1. The molecule has 1 aromatic carbocycles. The van der Waals surface area contributed by atoms with E-state index in [4.69, 9.17) is 0 Å². The molecule has 0 unspecified atom stereocenters. The third-order valence-corrected chi connectivity index (χ3v) is 7.44. The molecule has 2 aliphatic heterocycles. The summed E-state index contributed by atoms with van der Waals surface area (Å²) in [6, 6.07) is 10.4. The van der Waals surface area contributed by atoms with Crippen LogP contribution in [0.15, 0.2) is 24.3 Å². The summed E-state index contributed by atoms with van der Waals surface area (Å²) >= 11 is 0. The molecule has 2 heterocycles. The minimum absolute atomic E-state index is 0.219. The summed E-state index contributed by atoms with van der Waals surface area (Å²) in [5.41, 5.74) is 3.12. The molecule has 0 spiro atoms. The fourth-order valence-corrected chi connectivity index (χ4v) is 5.74.